The lowest BCUT2D eigenvalue weighted by atomic mass is 10.1. The second-order valence-electron chi connectivity index (χ2n) is 4.36. The van der Waals surface area contributed by atoms with Crippen LogP contribution < -0.4 is 5.32 Å². The third-order valence-corrected chi connectivity index (χ3v) is 2.89. The van der Waals surface area contributed by atoms with Gasteiger partial charge in [-0.2, -0.15) is 0 Å². The zero-order valence-electron chi connectivity index (χ0n) is 10.4. The molecule has 2 aromatic rings. The average Bonchev–Trinajstić information content (AvgIpc) is 2.77. The van der Waals surface area contributed by atoms with Gasteiger partial charge in [-0.3, -0.25) is 0 Å². The van der Waals surface area contributed by atoms with E-state index in [-0.39, 0.29) is 6.04 Å². The number of benzene rings is 1. The van der Waals surface area contributed by atoms with E-state index in [0.717, 1.165) is 24.5 Å². The van der Waals surface area contributed by atoms with Gasteiger partial charge in [-0.25, -0.2) is 0 Å². The normalized spacial score (nSPS) is 12.6. The summed E-state index contributed by atoms with van der Waals surface area (Å²) in [7, 11) is 0. The van der Waals surface area contributed by atoms with Crippen LogP contribution in [-0.4, -0.2) is 6.54 Å². The number of furan rings is 1. The number of nitrogens with one attached hydrogen (secondary N) is 1. The summed E-state index contributed by atoms with van der Waals surface area (Å²) in [5.41, 5.74) is 1.36. The fourth-order valence-electron chi connectivity index (χ4n) is 1.86. The molecule has 0 radical (unpaired) electrons. The van der Waals surface area contributed by atoms with E-state index >= 15 is 0 Å². The summed E-state index contributed by atoms with van der Waals surface area (Å²) in [4.78, 5) is 0. The number of hydrogen-bond acceptors (Lipinski definition) is 2. The van der Waals surface area contributed by atoms with Crippen molar-refractivity contribution in [1.82, 2.24) is 5.32 Å². The van der Waals surface area contributed by atoms with E-state index in [1.54, 1.807) is 0 Å². The Morgan fingerprint density at radius 3 is 2.53 bits per heavy atom. The largest absolute Gasteiger partial charge is 0.465 e. The van der Waals surface area contributed by atoms with Gasteiger partial charge < -0.3 is 9.73 Å². The van der Waals surface area contributed by atoms with Gasteiger partial charge in [0.1, 0.15) is 11.5 Å². The highest BCUT2D eigenvalue weighted by Gasteiger charge is 2.07. The highest BCUT2D eigenvalue weighted by molar-refractivity contribution is 5.15. The monoisotopic (exact) mass is 229 g/mol. The van der Waals surface area contributed by atoms with Crippen LogP contribution in [0.2, 0.25) is 0 Å². The van der Waals surface area contributed by atoms with Crippen molar-refractivity contribution >= 4 is 0 Å². The summed E-state index contributed by atoms with van der Waals surface area (Å²) in [5.74, 6) is 1.98. The maximum absolute atomic E-state index is 5.59. The zero-order valence-corrected chi connectivity index (χ0v) is 10.4. The average molecular weight is 229 g/mol. The third-order valence-electron chi connectivity index (χ3n) is 2.89. The highest BCUT2D eigenvalue weighted by Crippen LogP contribution is 2.15. The minimum atomic E-state index is 0.271. The first-order valence-electron chi connectivity index (χ1n) is 6.09. The molecule has 0 saturated carbocycles. The van der Waals surface area contributed by atoms with Gasteiger partial charge in [0.15, 0.2) is 0 Å². The van der Waals surface area contributed by atoms with E-state index < -0.39 is 0 Å². The van der Waals surface area contributed by atoms with E-state index in [2.05, 4.69) is 36.5 Å². The van der Waals surface area contributed by atoms with Crippen molar-refractivity contribution in [3.05, 3.63) is 59.5 Å². The Hall–Kier alpha value is -1.54. The lowest BCUT2D eigenvalue weighted by Crippen LogP contribution is -2.20. The first-order valence-corrected chi connectivity index (χ1v) is 6.09. The molecule has 1 aromatic carbocycles. The van der Waals surface area contributed by atoms with Crippen LogP contribution in [0.15, 0.2) is 46.9 Å². The molecule has 0 fully saturated rings. The maximum atomic E-state index is 5.59. The molecule has 0 aliphatic rings. The smallest absolute Gasteiger partial charge is 0.120 e. The molecular weight excluding hydrogens is 210 g/mol. The summed E-state index contributed by atoms with van der Waals surface area (Å²) in [6.07, 6.45) is 1.05. The van der Waals surface area contributed by atoms with E-state index in [0.29, 0.717) is 0 Å². The standard InChI is InChI=1S/C15H19NO/c1-12-8-9-15(17-12)13(2)16-11-10-14-6-4-3-5-7-14/h3-9,13,16H,10-11H2,1-2H3. The predicted molar refractivity (Wildman–Crippen MR) is 70.0 cm³/mol. The molecule has 0 saturated heterocycles. The molecular formula is C15H19NO. The molecule has 17 heavy (non-hydrogen) atoms. The van der Waals surface area contributed by atoms with Gasteiger partial charge in [0.2, 0.25) is 0 Å². The Morgan fingerprint density at radius 2 is 1.88 bits per heavy atom. The van der Waals surface area contributed by atoms with E-state index in [9.17, 15) is 0 Å². The molecule has 1 aromatic heterocycles. The zero-order chi connectivity index (χ0) is 12.1. The van der Waals surface area contributed by atoms with Crippen molar-refractivity contribution in [3.8, 4) is 0 Å². The molecule has 2 nitrogen and oxygen atoms in total. The topological polar surface area (TPSA) is 25.2 Å². The minimum absolute atomic E-state index is 0.271. The Morgan fingerprint density at radius 1 is 1.12 bits per heavy atom. The Balaban J connectivity index is 1.79. The first-order chi connectivity index (χ1) is 8.25. The lowest BCUT2D eigenvalue weighted by molar-refractivity contribution is 0.418. The molecule has 1 unspecified atom stereocenters. The van der Waals surface area contributed by atoms with Crippen molar-refractivity contribution in [3.63, 3.8) is 0 Å². The van der Waals surface area contributed by atoms with E-state index in [1.807, 2.05) is 25.1 Å². The summed E-state index contributed by atoms with van der Waals surface area (Å²) >= 11 is 0. The SMILES string of the molecule is Cc1ccc(C(C)NCCc2ccccc2)o1. The van der Waals surface area contributed by atoms with Gasteiger partial charge in [0.05, 0.1) is 6.04 Å². The minimum Gasteiger partial charge on any atom is -0.465 e. The molecule has 2 heteroatoms. The summed E-state index contributed by atoms with van der Waals surface area (Å²) in [5, 5.41) is 3.47. The molecule has 0 amide bonds. The van der Waals surface area contributed by atoms with Crippen LogP contribution in [0.3, 0.4) is 0 Å². The predicted octanol–water partition coefficient (Wildman–Crippen LogP) is 3.48. The second-order valence-corrected chi connectivity index (χ2v) is 4.36. The van der Waals surface area contributed by atoms with Crippen LogP contribution in [0.25, 0.3) is 0 Å². The van der Waals surface area contributed by atoms with Crippen molar-refractivity contribution < 1.29 is 4.42 Å². The number of aryl methyl sites for hydroxylation is 1. The van der Waals surface area contributed by atoms with Crippen molar-refractivity contribution in [2.24, 2.45) is 0 Å². The maximum Gasteiger partial charge on any atom is 0.120 e. The molecule has 90 valence electrons. The summed E-state index contributed by atoms with van der Waals surface area (Å²) in [6.45, 7) is 5.06. The van der Waals surface area contributed by atoms with Crippen LogP contribution in [0.5, 0.6) is 0 Å². The van der Waals surface area contributed by atoms with E-state index in [1.165, 1.54) is 5.56 Å². The first kappa shape index (κ1) is 11.9. The summed E-state index contributed by atoms with van der Waals surface area (Å²) < 4.78 is 5.59. The number of hydrogen-bond donors (Lipinski definition) is 1. The van der Waals surface area contributed by atoms with Gasteiger partial charge in [0, 0.05) is 0 Å². The van der Waals surface area contributed by atoms with Crippen LogP contribution in [-0.2, 0) is 6.42 Å². The molecule has 0 aliphatic heterocycles. The Kier molecular flexibility index (Phi) is 3.99. The molecule has 1 heterocycles. The van der Waals surface area contributed by atoms with Crippen LogP contribution in [0, 0.1) is 6.92 Å². The molecule has 0 spiro atoms. The van der Waals surface area contributed by atoms with Gasteiger partial charge >= 0.3 is 0 Å². The van der Waals surface area contributed by atoms with Gasteiger partial charge in [-0.1, -0.05) is 30.3 Å². The van der Waals surface area contributed by atoms with Crippen molar-refractivity contribution in [2.75, 3.05) is 6.54 Å². The van der Waals surface area contributed by atoms with Crippen LogP contribution >= 0.6 is 0 Å². The Labute approximate surface area is 103 Å². The van der Waals surface area contributed by atoms with Gasteiger partial charge in [-0.15, -0.1) is 0 Å². The van der Waals surface area contributed by atoms with Crippen molar-refractivity contribution in [1.29, 1.82) is 0 Å². The fourth-order valence-corrected chi connectivity index (χ4v) is 1.86. The molecule has 2 rings (SSSR count). The summed E-state index contributed by atoms with van der Waals surface area (Å²) in [6, 6.07) is 14.8. The highest BCUT2D eigenvalue weighted by atomic mass is 16.3. The number of rotatable bonds is 5. The van der Waals surface area contributed by atoms with E-state index in [4.69, 9.17) is 4.42 Å². The molecule has 0 aliphatic carbocycles. The van der Waals surface area contributed by atoms with Gasteiger partial charge in [-0.05, 0) is 44.5 Å². The molecule has 1 atom stereocenters. The Bertz CT molecular complexity index is 447. The fraction of sp³-hybridized carbons (Fsp3) is 0.333. The third kappa shape index (κ3) is 3.46. The van der Waals surface area contributed by atoms with Crippen molar-refractivity contribution in [2.45, 2.75) is 26.3 Å². The van der Waals surface area contributed by atoms with Gasteiger partial charge in [0.25, 0.3) is 0 Å². The quantitative estimate of drug-likeness (QED) is 0.849. The molecule has 0 bridgehead atoms. The lowest BCUT2D eigenvalue weighted by Gasteiger charge is -2.11. The van der Waals surface area contributed by atoms with Crippen LogP contribution in [0.4, 0.5) is 0 Å². The molecule has 1 N–H and O–H groups in total. The second kappa shape index (κ2) is 5.69. The van der Waals surface area contributed by atoms with Crippen LogP contribution in [0.1, 0.15) is 30.0 Å².